The van der Waals surface area contributed by atoms with E-state index in [0.717, 1.165) is 20.3 Å². The predicted molar refractivity (Wildman–Crippen MR) is 67.6 cm³/mol. The highest BCUT2D eigenvalue weighted by atomic mass is 32.1. The van der Waals surface area contributed by atoms with Crippen LogP contribution < -0.4 is 0 Å². The molecule has 0 radical (unpaired) electrons. The van der Waals surface area contributed by atoms with Gasteiger partial charge in [0.05, 0.1) is 15.1 Å². The Morgan fingerprint density at radius 1 is 1.06 bits per heavy atom. The summed E-state index contributed by atoms with van der Waals surface area (Å²) in [5.41, 5.74) is 1.02. The molecule has 0 N–H and O–H groups in total. The van der Waals surface area contributed by atoms with Crippen LogP contribution in [-0.2, 0) is 0 Å². The number of nitriles is 1. The largest absolute Gasteiger partial charge is 0.235 e. The van der Waals surface area contributed by atoms with E-state index in [2.05, 4.69) is 17.1 Å². The van der Waals surface area contributed by atoms with Crippen LogP contribution in [0.2, 0.25) is 0 Å². The minimum absolute atomic E-state index is 0.731. The maximum Gasteiger partial charge on any atom is 0.134 e. The molecule has 16 heavy (non-hydrogen) atoms. The van der Waals surface area contributed by atoms with Gasteiger partial charge in [0.15, 0.2) is 0 Å². The Balaban J connectivity index is 2.15. The molecule has 1 aromatic carbocycles. The first kappa shape index (κ1) is 9.52. The first-order valence-electron chi connectivity index (χ1n) is 4.73. The van der Waals surface area contributed by atoms with Crippen molar-refractivity contribution in [2.45, 2.75) is 0 Å². The van der Waals surface area contributed by atoms with Gasteiger partial charge in [0.25, 0.3) is 0 Å². The topological polar surface area (TPSA) is 36.7 Å². The molecule has 0 atom stereocenters. The second-order valence-corrected chi connectivity index (χ2v) is 5.38. The van der Waals surface area contributed by atoms with Gasteiger partial charge in [0.2, 0.25) is 0 Å². The van der Waals surface area contributed by atoms with Crippen LogP contribution >= 0.6 is 22.7 Å². The SMILES string of the molecule is N#Cc1ccc(-c2nc3ccccc3s2)s1. The Hall–Kier alpha value is -1.70. The fourth-order valence-corrected chi connectivity index (χ4v) is 3.31. The number of hydrogen-bond acceptors (Lipinski definition) is 4. The van der Waals surface area contributed by atoms with Crippen LogP contribution in [0.25, 0.3) is 20.1 Å². The molecular weight excluding hydrogens is 236 g/mol. The number of aromatic nitrogens is 1. The summed E-state index contributed by atoms with van der Waals surface area (Å²) in [6, 6.07) is 14.0. The lowest BCUT2D eigenvalue weighted by Crippen LogP contribution is -1.67. The number of hydrogen-bond donors (Lipinski definition) is 0. The Bertz CT molecular complexity index is 655. The standard InChI is InChI=1S/C12H6N2S2/c13-7-8-5-6-11(15-8)12-14-9-3-1-2-4-10(9)16-12/h1-6H. The number of benzene rings is 1. The zero-order chi connectivity index (χ0) is 11.0. The molecule has 3 rings (SSSR count). The maximum absolute atomic E-state index is 8.78. The van der Waals surface area contributed by atoms with Crippen LogP contribution in [-0.4, -0.2) is 4.98 Å². The Morgan fingerprint density at radius 3 is 2.69 bits per heavy atom. The first-order chi connectivity index (χ1) is 7.86. The van der Waals surface area contributed by atoms with Gasteiger partial charge in [-0.1, -0.05) is 12.1 Å². The number of nitrogens with zero attached hydrogens (tertiary/aromatic N) is 2. The molecule has 0 aliphatic heterocycles. The number of thiophene rings is 1. The highest BCUT2D eigenvalue weighted by Crippen LogP contribution is 2.33. The highest BCUT2D eigenvalue weighted by molar-refractivity contribution is 7.25. The molecule has 76 valence electrons. The molecule has 0 saturated heterocycles. The van der Waals surface area contributed by atoms with E-state index in [4.69, 9.17) is 5.26 Å². The molecule has 0 spiro atoms. The van der Waals surface area contributed by atoms with Gasteiger partial charge in [0.1, 0.15) is 16.0 Å². The van der Waals surface area contributed by atoms with Crippen LogP contribution in [0.15, 0.2) is 36.4 Å². The average Bonchev–Trinajstić information content (AvgIpc) is 2.95. The Kier molecular flexibility index (Phi) is 2.21. The van der Waals surface area contributed by atoms with Crippen molar-refractivity contribution in [1.29, 1.82) is 5.26 Å². The van der Waals surface area contributed by atoms with Gasteiger partial charge in [-0.15, -0.1) is 22.7 Å². The summed E-state index contributed by atoms with van der Waals surface area (Å²) in [6.07, 6.45) is 0. The van der Waals surface area contributed by atoms with Gasteiger partial charge < -0.3 is 0 Å². The fraction of sp³-hybridized carbons (Fsp3) is 0. The number of rotatable bonds is 1. The first-order valence-corrected chi connectivity index (χ1v) is 6.36. The maximum atomic E-state index is 8.78. The van der Waals surface area contributed by atoms with E-state index in [9.17, 15) is 0 Å². The molecule has 0 fully saturated rings. The van der Waals surface area contributed by atoms with E-state index in [1.807, 2.05) is 30.3 Å². The normalized spacial score (nSPS) is 10.4. The van der Waals surface area contributed by atoms with Gasteiger partial charge in [-0.25, -0.2) is 4.98 Å². The highest BCUT2D eigenvalue weighted by Gasteiger charge is 2.08. The second-order valence-electron chi connectivity index (χ2n) is 3.26. The molecule has 0 bridgehead atoms. The van der Waals surface area contributed by atoms with Crippen molar-refractivity contribution in [2.24, 2.45) is 0 Å². The lowest BCUT2D eigenvalue weighted by Gasteiger charge is -1.84. The fourth-order valence-electron chi connectivity index (χ4n) is 1.49. The molecule has 0 aliphatic rings. The minimum Gasteiger partial charge on any atom is -0.235 e. The van der Waals surface area contributed by atoms with E-state index in [-0.39, 0.29) is 0 Å². The Morgan fingerprint density at radius 2 is 1.94 bits per heavy atom. The van der Waals surface area contributed by atoms with Gasteiger partial charge in [-0.05, 0) is 24.3 Å². The monoisotopic (exact) mass is 242 g/mol. The van der Waals surface area contributed by atoms with E-state index >= 15 is 0 Å². The molecular formula is C12H6N2S2. The second kappa shape index (κ2) is 3.71. The third-order valence-corrected chi connectivity index (χ3v) is 4.42. The van der Waals surface area contributed by atoms with Crippen molar-refractivity contribution in [1.82, 2.24) is 4.98 Å². The van der Waals surface area contributed by atoms with Crippen molar-refractivity contribution in [3.8, 4) is 16.0 Å². The van der Waals surface area contributed by atoms with Crippen LogP contribution in [0.3, 0.4) is 0 Å². The van der Waals surface area contributed by atoms with E-state index in [1.54, 1.807) is 11.3 Å². The molecule has 2 heterocycles. The smallest absolute Gasteiger partial charge is 0.134 e. The molecule has 0 unspecified atom stereocenters. The van der Waals surface area contributed by atoms with Crippen LogP contribution in [0.4, 0.5) is 0 Å². The number of fused-ring (bicyclic) bond motifs is 1. The number of para-hydroxylation sites is 1. The Labute approximate surface area is 100 Å². The van der Waals surface area contributed by atoms with Gasteiger partial charge >= 0.3 is 0 Å². The molecule has 2 aromatic heterocycles. The zero-order valence-corrected chi connectivity index (χ0v) is 9.81. The molecule has 4 heteroatoms. The lowest BCUT2D eigenvalue weighted by molar-refractivity contribution is 1.50. The molecule has 0 amide bonds. The van der Waals surface area contributed by atoms with Gasteiger partial charge in [-0.2, -0.15) is 5.26 Å². The van der Waals surface area contributed by atoms with Crippen molar-refractivity contribution in [3.05, 3.63) is 41.3 Å². The summed E-state index contributed by atoms with van der Waals surface area (Å²) in [5.74, 6) is 0. The van der Waals surface area contributed by atoms with Crippen molar-refractivity contribution in [2.75, 3.05) is 0 Å². The summed E-state index contributed by atoms with van der Waals surface area (Å²) in [4.78, 5) is 6.35. The number of thiazole rings is 1. The molecule has 2 nitrogen and oxygen atoms in total. The summed E-state index contributed by atoms with van der Waals surface area (Å²) in [5, 5.41) is 9.77. The van der Waals surface area contributed by atoms with E-state index in [1.165, 1.54) is 16.0 Å². The van der Waals surface area contributed by atoms with Crippen LogP contribution in [0.1, 0.15) is 4.88 Å². The summed E-state index contributed by atoms with van der Waals surface area (Å²) in [7, 11) is 0. The van der Waals surface area contributed by atoms with Gasteiger partial charge in [-0.3, -0.25) is 0 Å². The average molecular weight is 242 g/mol. The molecule has 3 aromatic rings. The summed E-state index contributed by atoms with van der Waals surface area (Å²) < 4.78 is 1.18. The molecule has 0 aliphatic carbocycles. The van der Waals surface area contributed by atoms with E-state index in [0.29, 0.717) is 0 Å². The van der Waals surface area contributed by atoms with Crippen molar-refractivity contribution in [3.63, 3.8) is 0 Å². The molecule has 0 saturated carbocycles. The van der Waals surface area contributed by atoms with Crippen LogP contribution in [0.5, 0.6) is 0 Å². The zero-order valence-electron chi connectivity index (χ0n) is 8.18. The van der Waals surface area contributed by atoms with Crippen molar-refractivity contribution >= 4 is 32.9 Å². The van der Waals surface area contributed by atoms with E-state index < -0.39 is 0 Å². The summed E-state index contributed by atoms with van der Waals surface area (Å²) >= 11 is 3.15. The van der Waals surface area contributed by atoms with Crippen molar-refractivity contribution < 1.29 is 0 Å². The summed E-state index contributed by atoms with van der Waals surface area (Å²) in [6.45, 7) is 0. The minimum atomic E-state index is 0.731. The quantitative estimate of drug-likeness (QED) is 0.649. The lowest BCUT2D eigenvalue weighted by atomic mass is 10.3. The van der Waals surface area contributed by atoms with Crippen LogP contribution in [0, 0.1) is 11.3 Å². The third kappa shape index (κ3) is 1.51. The predicted octanol–water partition coefficient (Wildman–Crippen LogP) is 3.90. The third-order valence-electron chi connectivity index (χ3n) is 2.22. The van der Waals surface area contributed by atoms with Gasteiger partial charge in [0, 0.05) is 0 Å².